The van der Waals surface area contributed by atoms with Gasteiger partial charge in [-0.1, -0.05) is 67.6 Å². The summed E-state index contributed by atoms with van der Waals surface area (Å²) in [5.41, 5.74) is 8.39. The highest BCUT2D eigenvalue weighted by atomic mass is 16.5. The van der Waals surface area contributed by atoms with Crippen LogP contribution in [0.5, 0.6) is 0 Å². The molecular weight excluding hydrogens is 450 g/mol. The summed E-state index contributed by atoms with van der Waals surface area (Å²) in [6, 6.07) is 22.3. The fraction of sp³-hybridized carbons (Fsp3) is 0.207. The van der Waals surface area contributed by atoms with Crippen LogP contribution in [0.4, 0.5) is 0 Å². The molecule has 36 heavy (non-hydrogen) atoms. The molecule has 2 heterocycles. The van der Waals surface area contributed by atoms with E-state index in [9.17, 15) is 4.79 Å². The fourth-order valence-corrected chi connectivity index (χ4v) is 4.70. The first-order valence-corrected chi connectivity index (χ1v) is 12.1. The highest BCUT2D eigenvalue weighted by Gasteiger charge is 2.22. The minimum atomic E-state index is -0.297. The van der Waals surface area contributed by atoms with Gasteiger partial charge in [0, 0.05) is 23.1 Å². The molecule has 0 atom stereocenters. The topological polar surface area (TPSA) is 93.7 Å². The number of benzene rings is 3. The largest absolute Gasteiger partial charge is 0.462 e. The Morgan fingerprint density at radius 3 is 2.42 bits per heavy atom. The molecule has 0 fully saturated rings. The van der Waals surface area contributed by atoms with Crippen molar-refractivity contribution in [3.63, 3.8) is 0 Å². The van der Waals surface area contributed by atoms with Crippen molar-refractivity contribution in [1.29, 1.82) is 0 Å². The Kier molecular flexibility index (Phi) is 6.54. The van der Waals surface area contributed by atoms with Gasteiger partial charge in [0.15, 0.2) is 0 Å². The number of hydrogen-bond donors (Lipinski definition) is 1. The zero-order valence-electron chi connectivity index (χ0n) is 20.6. The van der Waals surface area contributed by atoms with Crippen molar-refractivity contribution in [2.45, 2.75) is 33.6 Å². The fourth-order valence-electron chi connectivity index (χ4n) is 4.70. The molecular formula is C29H27N5O2. The first-order valence-electron chi connectivity index (χ1n) is 12.1. The smallest absolute Gasteiger partial charge is 0.339 e. The Morgan fingerprint density at radius 2 is 1.72 bits per heavy atom. The van der Waals surface area contributed by atoms with Gasteiger partial charge in [-0.3, -0.25) is 4.98 Å². The average molecular weight is 478 g/mol. The molecule has 0 saturated heterocycles. The van der Waals surface area contributed by atoms with Crippen LogP contribution in [0.1, 0.15) is 46.6 Å². The van der Waals surface area contributed by atoms with Crippen LogP contribution in [-0.2, 0) is 17.6 Å². The summed E-state index contributed by atoms with van der Waals surface area (Å²) < 4.78 is 5.51. The number of hydrogen-bond acceptors (Lipinski definition) is 6. The van der Waals surface area contributed by atoms with Crippen molar-refractivity contribution < 1.29 is 9.53 Å². The van der Waals surface area contributed by atoms with Gasteiger partial charge in [-0.15, -0.1) is 10.2 Å². The number of tetrazole rings is 1. The Morgan fingerprint density at radius 1 is 0.944 bits per heavy atom. The zero-order chi connectivity index (χ0) is 25.1. The van der Waals surface area contributed by atoms with E-state index in [-0.39, 0.29) is 5.97 Å². The second-order valence-electron chi connectivity index (χ2n) is 8.61. The minimum absolute atomic E-state index is 0.297. The van der Waals surface area contributed by atoms with Crippen LogP contribution in [0.3, 0.4) is 0 Å². The van der Waals surface area contributed by atoms with Gasteiger partial charge in [-0.2, -0.15) is 5.21 Å². The van der Waals surface area contributed by atoms with E-state index in [1.165, 1.54) is 0 Å². The number of aryl methyl sites for hydroxylation is 2. The van der Waals surface area contributed by atoms with Crippen LogP contribution in [0.25, 0.3) is 33.4 Å². The maximum Gasteiger partial charge on any atom is 0.339 e. The second kappa shape index (κ2) is 10.1. The molecule has 5 aromatic rings. The molecule has 0 aliphatic carbocycles. The molecule has 0 unspecified atom stereocenters. The lowest BCUT2D eigenvalue weighted by molar-refractivity contribution is 0.0527. The normalized spacial score (nSPS) is 11.1. The maximum atomic E-state index is 13.2. The van der Waals surface area contributed by atoms with Gasteiger partial charge in [0.2, 0.25) is 5.82 Å². The number of nitrogens with zero attached hydrogens (tertiary/aromatic N) is 4. The number of ether oxygens (including phenoxy) is 1. The van der Waals surface area contributed by atoms with Crippen LogP contribution in [0, 0.1) is 6.92 Å². The molecule has 2 aromatic heterocycles. The number of H-pyrrole nitrogens is 1. The molecule has 0 spiro atoms. The van der Waals surface area contributed by atoms with Gasteiger partial charge in [0.05, 0.1) is 17.7 Å². The van der Waals surface area contributed by atoms with E-state index in [0.717, 1.165) is 56.4 Å². The molecule has 0 bridgehead atoms. The van der Waals surface area contributed by atoms with Gasteiger partial charge in [0.1, 0.15) is 0 Å². The number of fused-ring (bicyclic) bond motifs is 1. The molecule has 7 heteroatoms. The quantitative estimate of drug-likeness (QED) is 0.301. The van der Waals surface area contributed by atoms with Crippen LogP contribution < -0.4 is 0 Å². The third kappa shape index (κ3) is 4.35. The van der Waals surface area contributed by atoms with E-state index in [0.29, 0.717) is 24.4 Å². The lowest BCUT2D eigenvalue weighted by atomic mass is 9.91. The molecule has 7 nitrogen and oxygen atoms in total. The third-order valence-corrected chi connectivity index (χ3v) is 6.38. The van der Waals surface area contributed by atoms with E-state index in [1.54, 1.807) is 0 Å². The number of aromatic amines is 1. The summed E-state index contributed by atoms with van der Waals surface area (Å²) in [6.07, 6.45) is 1.31. The van der Waals surface area contributed by atoms with Crippen molar-refractivity contribution in [3.8, 4) is 22.5 Å². The van der Waals surface area contributed by atoms with Crippen LogP contribution >= 0.6 is 0 Å². The molecule has 0 saturated carbocycles. The lowest BCUT2D eigenvalue weighted by Gasteiger charge is -2.17. The molecule has 180 valence electrons. The van der Waals surface area contributed by atoms with Gasteiger partial charge in [-0.05, 0) is 59.4 Å². The minimum Gasteiger partial charge on any atom is -0.462 e. The van der Waals surface area contributed by atoms with Gasteiger partial charge in [-0.25, -0.2) is 4.79 Å². The molecule has 5 rings (SSSR count). The predicted molar refractivity (Wildman–Crippen MR) is 140 cm³/mol. The van der Waals surface area contributed by atoms with Crippen LogP contribution in [0.15, 0.2) is 66.7 Å². The Hall–Kier alpha value is -4.39. The summed E-state index contributed by atoms with van der Waals surface area (Å²) in [5.74, 6) is 0.258. The first-order chi connectivity index (χ1) is 17.6. The van der Waals surface area contributed by atoms with Crippen molar-refractivity contribution in [2.24, 2.45) is 0 Å². The number of carbonyl (C=O) groups is 1. The molecule has 0 aliphatic rings. The summed E-state index contributed by atoms with van der Waals surface area (Å²) in [4.78, 5) is 18.1. The first kappa shape index (κ1) is 23.4. The van der Waals surface area contributed by atoms with E-state index < -0.39 is 0 Å². The number of carbonyl (C=O) groups excluding carboxylic acids is 1. The number of rotatable bonds is 7. The number of pyridine rings is 1. The monoisotopic (exact) mass is 477 g/mol. The standard InChI is InChI=1S/C29H27N5O2/c1-4-24-23(27(29(35)36-5-2)26-18(3)9-8-12-25(26)30-24)17-19-13-15-20(16-14-19)21-10-6-7-11-22(21)28-31-33-34-32-28/h6-16H,4-5,17H2,1-3H3,(H,31,32,33,34). The second-order valence-corrected chi connectivity index (χ2v) is 8.61. The number of esters is 1. The summed E-state index contributed by atoms with van der Waals surface area (Å²) >= 11 is 0. The van der Waals surface area contributed by atoms with Crippen molar-refractivity contribution in [3.05, 3.63) is 94.7 Å². The van der Waals surface area contributed by atoms with Gasteiger partial charge >= 0.3 is 5.97 Å². The Labute approximate surface area is 209 Å². The highest BCUT2D eigenvalue weighted by molar-refractivity contribution is 6.06. The van der Waals surface area contributed by atoms with Crippen LogP contribution in [-0.4, -0.2) is 38.2 Å². The molecule has 0 radical (unpaired) electrons. The summed E-state index contributed by atoms with van der Waals surface area (Å²) in [5, 5.41) is 15.4. The molecule has 3 aromatic carbocycles. The van der Waals surface area contributed by atoms with Crippen molar-refractivity contribution in [2.75, 3.05) is 6.61 Å². The molecule has 1 N–H and O–H groups in total. The average Bonchev–Trinajstić information content (AvgIpc) is 3.44. The van der Waals surface area contributed by atoms with Crippen molar-refractivity contribution in [1.82, 2.24) is 25.6 Å². The predicted octanol–water partition coefficient (Wildman–Crippen LogP) is 5.72. The van der Waals surface area contributed by atoms with E-state index in [4.69, 9.17) is 9.72 Å². The van der Waals surface area contributed by atoms with Crippen LogP contribution in [0.2, 0.25) is 0 Å². The number of aromatic nitrogens is 5. The van der Waals surface area contributed by atoms with Gasteiger partial charge < -0.3 is 4.74 Å². The van der Waals surface area contributed by atoms with Gasteiger partial charge in [0.25, 0.3) is 0 Å². The van der Waals surface area contributed by atoms with Crippen molar-refractivity contribution >= 4 is 16.9 Å². The summed E-state index contributed by atoms with van der Waals surface area (Å²) in [6.45, 7) is 6.24. The van der Waals surface area contributed by atoms with E-state index in [2.05, 4.69) is 51.8 Å². The Balaban J connectivity index is 1.57. The van der Waals surface area contributed by atoms with E-state index >= 15 is 0 Å². The third-order valence-electron chi connectivity index (χ3n) is 6.38. The van der Waals surface area contributed by atoms with E-state index in [1.807, 2.05) is 56.3 Å². The SMILES string of the molecule is CCOC(=O)c1c(Cc2ccc(-c3ccccc3-c3nn[nH]n3)cc2)c(CC)nc2cccc(C)c12. The Bertz CT molecular complexity index is 1530. The lowest BCUT2D eigenvalue weighted by Crippen LogP contribution is -2.14. The molecule has 0 amide bonds. The maximum absolute atomic E-state index is 13.2. The zero-order valence-corrected chi connectivity index (χ0v) is 20.6. The highest BCUT2D eigenvalue weighted by Crippen LogP contribution is 2.32. The summed E-state index contributed by atoms with van der Waals surface area (Å²) in [7, 11) is 0. The molecule has 0 aliphatic heterocycles. The number of nitrogens with one attached hydrogen (secondary N) is 1.